The number of fused-ring (bicyclic) bond motifs is 2. The summed E-state index contributed by atoms with van der Waals surface area (Å²) in [6.07, 6.45) is 0. The fourth-order valence-corrected chi connectivity index (χ4v) is 5.17. The molecular formula is C21H22N2O4PS+. The summed E-state index contributed by atoms with van der Waals surface area (Å²) in [4.78, 5) is 33.6. The highest BCUT2D eigenvalue weighted by molar-refractivity contribution is 7.71. The molecule has 2 aromatic rings. The van der Waals surface area contributed by atoms with Crippen molar-refractivity contribution in [1.82, 2.24) is 4.58 Å². The summed E-state index contributed by atoms with van der Waals surface area (Å²) in [6, 6.07) is 15.3. The fraction of sp³-hybridized carbons (Fsp3) is 0.190. The molecule has 0 amide bonds. The predicted molar refractivity (Wildman–Crippen MR) is 119 cm³/mol. The normalized spacial score (nSPS) is 12.0. The van der Waals surface area contributed by atoms with Crippen LogP contribution in [0.15, 0.2) is 52.9 Å². The molecule has 6 nitrogen and oxygen atoms in total. The average Bonchev–Trinajstić information content (AvgIpc) is 3.15. The highest BCUT2D eigenvalue weighted by atomic mass is 32.1. The second-order valence-electron chi connectivity index (χ2n) is 7.31. The Hall–Kier alpha value is -2.28. The van der Waals surface area contributed by atoms with Crippen LogP contribution < -0.4 is 24.3 Å². The Bertz CT molecular complexity index is 1250. The van der Waals surface area contributed by atoms with Crippen molar-refractivity contribution in [1.29, 1.82) is 0 Å². The summed E-state index contributed by atoms with van der Waals surface area (Å²) in [5.74, 6) is 0.723. The van der Waals surface area contributed by atoms with Gasteiger partial charge in [-0.05, 0) is 30.3 Å². The second kappa shape index (κ2) is 7.20. The molecule has 0 spiro atoms. The molecule has 1 aliphatic carbocycles. The van der Waals surface area contributed by atoms with Crippen LogP contribution in [0.3, 0.4) is 0 Å². The van der Waals surface area contributed by atoms with Gasteiger partial charge in [0.25, 0.3) is 7.94 Å². The Labute approximate surface area is 173 Å². The van der Waals surface area contributed by atoms with E-state index in [9.17, 15) is 14.7 Å². The van der Waals surface area contributed by atoms with E-state index in [0.717, 1.165) is 55.1 Å². The van der Waals surface area contributed by atoms with Crippen LogP contribution in [0.1, 0.15) is 0 Å². The van der Waals surface area contributed by atoms with Gasteiger partial charge in [-0.2, -0.15) is 0 Å². The zero-order chi connectivity index (χ0) is 20.9. The molecule has 0 radical (unpaired) electrons. The Morgan fingerprint density at radius 3 is 2.41 bits per heavy atom. The summed E-state index contributed by atoms with van der Waals surface area (Å²) < 4.78 is 8.33. The first kappa shape index (κ1) is 20.0. The molecule has 29 heavy (non-hydrogen) atoms. The lowest BCUT2D eigenvalue weighted by atomic mass is 9.98. The third kappa shape index (κ3) is 3.68. The maximum absolute atomic E-state index is 11.7. The smallest absolute Gasteiger partial charge is 0.273 e. The maximum Gasteiger partial charge on any atom is 0.273 e. The highest BCUT2D eigenvalue weighted by Crippen LogP contribution is 2.46. The van der Waals surface area contributed by atoms with E-state index in [4.69, 9.17) is 4.42 Å². The van der Waals surface area contributed by atoms with Gasteiger partial charge >= 0.3 is 0 Å². The van der Waals surface area contributed by atoms with Gasteiger partial charge in [-0.15, -0.1) is 0 Å². The van der Waals surface area contributed by atoms with Gasteiger partial charge in [0, 0.05) is 53.3 Å². The van der Waals surface area contributed by atoms with Crippen molar-refractivity contribution in [3.05, 3.63) is 53.9 Å². The zero-order valence-corrected chi connectivity index (χ0v) is 18.3. The number of nitrogens with zero attached hydrogens (tertiary/aromatic N) is 2. The molecule has 150 valence electrons. The molecule has 0 fully saturated rings. The molecular weight excluding hydrogens is 407 g/mol. The van der Waals surface area contributed by atoms with Crippen molar-refractivity contribution in [2.24, 2.45) is 0 Å². The van der Waals surface area contributed by atoms with Crippen LogP contribution in [-0.2, 0) is 0 Å². The minimum absolute atomic E-state index is 0.0596. The van der Waals surface area contributed by atoms with Gasteiger partial charge in [0.05, 0.1) is 6.07 Å². The Kier molecular flexibility index (Phi) is 4.97. The summed E-state index contributed by atoms with van der Waals surface area (Å²) in [5.41, 5.74) is 3.56. The Morgan fingerprint density at radius 1 is 1.03 bits per heavy atom. The topological polar surface area (TPSA) is 82.9 Å². The van der Waals surface area contributed by atoms with Gasteiger partial charge < -0.3 is 14.2 Å². The molecule has 2 N–H and O–H groups in total. The van der Waals surface area contributed by atoms with Gasteiger partial charge in [-0.3, -0.25) is 0 Å². The first-order valence-corrected chi connectivity index (χ1v) is 11.4. The lowest BCUT2D eigenvalue weighted by Gasteiger charge is -2.17. The predicted octanol–water partition coefficient (Wildman–Crippen LogP) is 2.10. The Balaban J connectivity index is 2.09. The number of rotatable bonds is 3. The number of hydrogen-bond donors (Lipinski definition) is 2. The molecule has 0 unspecified atom stereocenters. The van der Waals surface area contributed by atoms with Crippen LogP contribution in [0.5, 0.6) is 0 Å². The molecule has 4 rings (SSSR count). The van der Waals surface area contributed by atoms with Crippen LogP contribution in [0, 0.1) is 0 Å². The highest BCUT2D eigenvalue weighted by Gasteiger charge is 2.27. The van der Waals surface area contributed by atoms with Crippen molar-refractivity contribution in [2.45, 2.75) is 0 Å². The molecule has 0 saturated heterocycles. The maximum atomic E-state index is 11.7. The summed E-state index contributed by atoms with van der Waals surface area (Å²) in [5, 5.41) is 1.91. The van der Waals surface area contributed by atoms with Crippen molar-refractivity contribution in [3.8, 4) is 21.8 Å². The number of thiophene rings is 1. The van der Waals surface area contributed by atoms with E-state index in [1.165, 1.54) is 6.07 Å². The summed E-state index contributed by atoms with van der Waals surface area (Å²) in [7, 11) is 3.59. The molecule has 1 aromatic carbocycles. The Morgan fingerprint density at radius 2 is 1.79 bits per heavy atom. The van der Waals surface area contributed by atoms with E-state index >= 15 is 0 Å². The van der Waals surface area contributed by atoms with E-state index in [0.29, 0.717) is 0 Å². The largest absolute Gasteiger partial charge is 0.627 e. The van der Waals surface area contributed by atoms with Gasteiger partial charge in [-0.1, -0.05) is 11.3 Å². The third-order valence-electron chi connectivity index (χ3n) is 4.85. The molecule has 0 atom stereocenters. The van der Waals surface area contributed by atoms with E-state index < -0.39 is 7.94 Å². The molecule has 0 bridgehead atoms. The van der Waals surface area contributed by atoms with Crippen LogP contribution >= 0.6 is 19.3 Å². The third-order valence-corrected chi connectivity index (χ3v) is 7.46. The van der Waals surface area contributed by atoms with E-state index in [2.05, 4.69) is 0 Å². The van der Waals surface area contributed by atoms with Gasteiger partial charge in [0.2, 0.25) is 9.98 Å². The number of hydrogen-bond acceptors (Lipinski definition) is 6. The summed E-state index contributed by atoms with van der Waals surface area (Å²) in [6.45, 7) is 0. The van der Waals surface area contributed by atoms with Crippen molar-refractivity contribution in [3.63, 3.8) is 0 Å². The lowest BCUT2D eigenvalue weighted by molar-refractivity contribution is -0.202. The molecule has 8 heteroatoms. The summed E-state index contributed by atoms with van der Waals surface area (Å²) >= 11 is 1.12. The molecule has 1 aliphatic heterocycles. The first-order chi connectivity index (χ1) is 13.6. The van der Waals surface area contributed by atoms with Crippen LogP contribution in [0.25, 0.3) is 32.7 Å². The van der Waals surface area contributed by atoms with E-state index in [-0.39, 0.29) is 4.62 Å². The van der Waals surface area contributed by atoms with Crippen LogP contribution in [0.2, 0.25) is 0 Å². The molecule has 2 aliphatic rings. The average molecular weight is 429 g/mol. The molecule has 1 aromatic heterocycles. The minimum Gasteiger partial charge on any atom is -0.627 e. The zero-order valence-electron chi connectivity index (χ0n) is 16.6. The molecule has 0 saturated carbocycles. The SMILES string of the molecule is CN(C)c1ccc2c(-c3ccc([P+]([O-])(O)O)s3)c3ccc(=[N+](C)C)cc-3oc2c1. The van der Waals surface area contributed by atoms with E-state index in [1.807, 2.05) is 74.1 Å². The van der Waals surface area contributed by atoms with Gasteiger partial charge in [0.1, 0.15) is 25.4 Å². The number of anilines is 1. The number of benzene rings is 2. The van der Waals surface area contributed by atoms with Crippen LogP contribution in [-0.4, -0.2) is 38.0 Å². The van der Waals surface area contributed by atoms with Crippen molar-refractivity contribution < 1.29 is 19.1 Å². The van der Waals surface area contributed by atoms with Crippen molar-refractivity contribution >= 4 is 40.6 Å². The van der Waals surface area contributed by atoms with Crippen LogP contribution in [0.4, 0.5) is 5.69 Å². The molecule has 2 heterocycles. The first-order valence-electron chi connectivity index (χ1n) is 9.00. The van der Waals surface area contributed by atoms with Crippen molar-refractivity contribution in [2.75, 3.05) is 33.1 Å². The van der Waals surface area contributed by atoms with E-state index in [1.54, 1.807) is 6.07 Å². The quantitative estimate of drug-likeness (QED) is 0.296. The fourth-order valence-electron chi connectivity index (χ4n) is 3.31. The minimum atomic E-state index is -4.30. The second-order valence-corrected chi connectivity index (χ2v) is 10.3. The lowest BCUT2D eigenvalue weighted by Crippen LogP contribution is -2.21. The monoisotopic (exact) mass is 429 g/mol. The van der Waals surface area contributed by atoms with Gasteiger partial charge in [0.15, 0.2) is 0 Å². The standard InChI is InChI=1S/C21H21N2O4PS/c1-22(2)13-5-7-15-17(11-13)27-18-12-14(23(3)4)6-8-16(18)21(15)19-9-10-20(29-19)28(24,25)26/h5-12H,1-4H3,(H-,24,25,26)/p+1. The van der Waals surface area contributed by atoms with Gasteiger partial charge in [-0.25, -0.2) is 14.4 Å².